The van der Waals surface area contributed by atoms with Crippen molar-refractivity contribution in [2.45, 2.75) is 4.34 Å². The summed E-state index contributed by atoms with van der Waals surface area (Å²) in [6, 6.07) is 19.5. The van der Waals surface area contributed by atoms with Crippen LogP contribution in [0.4, 0.5) is 11.4 Å². The smallest absolute Gasteiger partial charge is 0.256 e. The van der Waals surface area contributed by atoms with Gasteiger partial charge in [0, 0.05) is 18.8 Å². The molecule has 200 valence electrons. The van der Waals surface area contributed by atoms with Gasteiger partial charge in [0.05, 0.1) is 53.1 Å². The van der Waals surface area contributed by atoms with Gasteiger partial charge in [-0.1, -0.05) is 36.0 Å². The van der Waals surface area contributed by atoms with Gasteiger partial charge in [-0.15, -0.1) is 11.3 Å². The Morgan fingerprint density at radius 1 is 1.00 bits per heavy atom. The van der Waals surface area contributed by atoms with Crippen LogP contribution in [0.25, 0.3) is 10.2 Å². The lowest BCUT2D eigenvalue weighted by molar-refractivity contribution is -0.113. The number of para-hydroxylation sites is 2. The van der Waals surface area contributed by atoms with E-state index in [1.165, 1.54) is 23.1 Å². The Balaban J connectivity index is 1.24. The molecule has 0 radical (unpaired) electrons. The number of nitrogens with one attached hydrogen (secondary N) is 2. The molecule has 1 aromatic heterocycles. The van der Waals surface area contributed by atoms with Gasteiger partial charge in [0.1, 0.15) is 5.75 Å². The minimum atomic E-state index is -0.362. The Kier molecular flexibility index (Phi) is 8.40. The van der Waals surface area contributed by atoms with Gasteiger partial charge in [0.25, 0.3) is 11.8 Å². The molecule has 2 heterocycles. The fourth-order valence-electron chi connectivity index (χ4n) is 4.11. The summed E-state index contributed by atoms with van der Waals surface area (Å²) in [7, 11) is 1.56. The van der Waals surface area contributed by atoms with Crippen molar-refractivity contribution in [2.24, 2.45) is 0 Å². The van der Waals surface area contributed by atoms with Crippen molar-refractivity contribution >= 4 is 62.4 Å². The zero-order valence-corrected chi connectivity index (χ0v) is 22.8. The van der Waals surface area contributed by atoms with Crippen LogP contribution in [-0.2, 0) is 9.53 Å². The molecule has 0 aliphatic carbocycles. The van der Waals surface area contributed by atoms with E-state index >= 15 is 0 Å². The third-order valence-corrected chi connectivity index (χ3v) is 8.20. The number of hydrogen-bond donors (Lipinski definition) is 2. The van der Waals surface area contributed by atoms with E-state index < -0.39 is 0 Å². The summed E-state index contributed by atoms with van der Waals surface area (Å²) in [4.78, 5) is 45.0. The highest BCUT2D eigenvalue weighted by molar-refractivity contribution is 8.01. The first kappa shape index (κ1) is 26.7. The molecule has 4 aromatic rings. The van der Waals surface area contributed by atoms with E-state index in [-0.39, 0.29) is 23.5 Å². The molecule has 3 amide bonds. The maximum atomic E-state index is 13.2. The highest BCUT2D eigenvalue weighted by Crippen LogP contribution is 2.32. The molecule has 39 heavy (non-hydrogen) atoms. The number of anilines is 2. The number of methoxy groups -OCH3 is 1. The predicted molar refractivity (Wildman–Crippen MR) is 153 cm³/mol. The van der Waals surface area contributed by atoms with Crippen LogP contribution in [0.5, 0.6) is 5.75 Å². The number of aromatic nitrogens is 1. The number of hydrogen-bond acceptors (Lipinski definition) is 8. The fourth-order valence-corrected chi connectivity index (χ4v) is 6.01. The van der Waals surface area contributed by atoms with Crippen LogP contribution in [-0.4, -0.2) is 66.8 Å². The highest BCUT2D eigenvalue weighted by Gasteiger charge is 2.23. The second kappa shape index (κ2) is 12.3. The Morgan fingerprint density at radius 3 is 2.54 bits per heavy atom. The molecule has 9 nitrogen and oxygen atoms in total. The Hall–Kier alpha value is -3.93. The van der Waals surface area contributed by atoms with Gasteiger partial charge in [-0.05, 0) is 42.5 Å². The molecule has 1 aliphatic heterocycles. The summed E-state index contributed by atoms with van der Waals surface area (Å²) >= 11 is 2.78. The van der Waals surface area contributed by atoms with Gasteiger partial charge in [-0.3, -0.25) is 14.4 Å². The molecular weight excluding hydrogens is 536 g/mol. The number of ether oxygens (including phenoxy) is 2. The maximum Gasteiger partial charge on any atom is 0.256 e. The van der Waals surface area contributed by atoms with E-state index in [4.69, 9.17) is 9.47 Å². The first-order valence-corrected chi connectivity index (χ1v) is 14.1. The summed E-state index contributed by atoms with van der Waals surface area (Å²) in [5, 5.41) is 5.76. The van der Waals surface area contributed by atoms with Crippen LogP contribution in [0.2, 0.25) is 0 Å². The number of nitrogens with zero attached hydrogens (tertiary/aromatic N) is 2. The summed E-state index contributed by atoms with van der Waals surface area (Å²) < 4.78 is 12.2. The van der Waals surface area contributed by atoms with E-state index in [1.54, 1.807) is 54.5 Å². The lowest BCUT2D eigenvalue weighted by Crippen LogP contribution is -2.41. The molecule has 0 saturated carbocycles. The summed E-state index contributed by atoms with van der Waals surface area (Å²) in [5.41, 5.74) is 2.66. The van der Waals surface area contributed by atoms with Crippen LogP contribution in [0.1, 0.15) is 20.7 Å². The molecule has 1 aliphatic rings. The first-order valence-electron chi connectivity index (χ1n) is 12.3. The number of amides is 3. The molecule has 2 N–H and O–H groups in total. The van der Waals surface area contributed by atoms with E-state index in [2.05, 4.69) is 15.6 Å². The van der Waals surface area contributed by atoms with E-state index in [0.717, 1.165) is 14.6 Å². The molecule has 1 saturated heterocycles. The zero-order valence-electron chi connectivity index (χ0n) is 21.1. The van der Waals surface area contributed by atoms with Crippen molar-refractivity contribution < 1.29 is 23.9 Å². The van der Waals surface area contributed by atoms with Crippen LogP contribution in [0.15, 0.2) is 71.1 Å². The molecule has 5 rings (SSSR count). The van der Waals surface area contributed by atoms with E-state index in [9.17, 15) is 14.4 Å². The number of carbonyl (C=O) groups excluding carboxylic acids is 3. The van der Waals surface area contributed by atoms with Crippen LogP contribution in [0.3, 0.4) is 0 Å². The molecule has 1 fully saturated rings. The Labute approximate surface area is 233 Å². The number of rotatable bonds is 8. The summed E-state index contributed by atoms with van der Waals surface area (Å²) in [6.45, 7) is 1.97. The number of carbonyl (C=O) groups is 3. The predicted octanol–water partition coefficient (Wildman–Crippen LogP) is 4.76. The molecule has 0 bridgehead atoms. The lowest BCUT2D eigenvalue weighted by Gasteiger charge is -2.27. The van der Waals surface area contributed by atoms with Crippen molar-refractivity contribution in [2.75, 3.05) is 49.8 Å². The second-order valence-electron chi connectivity index (χ2n) is 8.60. The molecule has 11 heteroatoms. The van der Waals surface area contributed by atoms with Gasteiger partial charge in [0.15, 0.2) is 4.34 Å². The molecule has 0 atom stereocenters. The summed E-state index contributed by atoms with van der Waals surface area (Å²) in [6.07, 6.45) is 0. The minimum absolute atomic E-state index is 0.165. The average molecular weight is 563 g/mol. The topological polar surface area (TPSA) is 110 Å². The number of benzene rings is 3. The standard InChI is InChI=1S/C28H26N4O5S2/c1-36-23-9-5-4-8-21(23)30-25(33)17-38-28-31-22-11-10-18(16-24(22)39-28)29-26(34)19-6-2-3-7-20(19)27(35)32-12-14-37-15-13-32/h2-11,16H,12-15,17H2,1H3,(H,29,34)(H,30,33). The average Bonchev–Trinajstić information content (AvgIpc) is 3.39. The quantitative estimate of drug-likeness (QED) is 0.298. The monoisotopic (exact) mass is 562 g/mol. The highest BCUT2D eigenvalue weighted by atomic mass is 32.2. The van der Waals surface area contributed by atoms with Gasteiger partial charge >= 0.3 is 0 Å². The number of thioether (sulfide) groups is 1. The van der Waals surface area contributed by atoms with Crippen LogP contribution >= 0.6 is 23.1 Å². The van der Waals surface area contributed by atoms with Gasteiger partial charge in [-0.25, -0.2) is 4.98 Å². The SMILES string of the molecule is COc1ccccc1NC(=O)CSc1nc2ccc(NC(=O)c3ccccc3C(=O)N3CCOCC3)cc2s1. The maximum absolute atomic E-state index is 13.2. The Morgan fingerprint density at radius 2 is 1.74 bits per heavy atom. The molecule has 3 aromatic carbocycles. The largest absolute Gasteiger partial charge is 0.495 e. The van der Waals surface area contributed by atoms with Crippen molar-refractivity contribution in [3.8, 4) is 5.75 Å². The molecule has 0 unspecified atom stereocenters. The third kappa shape index (κ3) is 6.39. The number of morpholine rings is 1. The van der Waals surface area contributed by atoms with Crippen LogP contribution in [0, 0.1) is 0 Å². The van der Waals surface area contributed by atoms with Gasteiger partial charge < -0.3 is 25.0 Å². The van der Waals surface area contributed by atoms with E-state index in [0.29, 0.717) is 54.6 Å². The van der Waals surface area contributed by atoms with Crippen LogP contribution < -0.4 is 15.4 Å². The third-order valence-electron chi connectivity index (χ3n) is 6.03. The van der Waals surface area contributed by atoms with Crippen molar-refractivity contribution in [3.63, 3.8) is 0 Å². The van der Waals surface area contributed by atoms with Gasteiger partial charge in [-0.2, -0.15) is 0 Å². The normalized spacial score (nSPS) is 13.2. The zero-order chi connectivity index (χ0) is 27.2. The lowest BCUT2D eigenvalue weighted by atomic mass is 10.0. The minimum Gasteiger partial charge on any atom is -0.495 e. The molecular formula is C28H26N4O5S2. The van der Waals surface area contributed by atoms with Gasteiger partial charge in [0.2, 0.25) is 5.91 Å². The van der Waals surface area contributed by atoms with Crippen molar-refractivity contribution in [1.82, 2.24) is 9.88 Å². The first-order chi connectivity index (χ1) is 19.0. The van der Waals surface area contributed by atoms with Crippen molar-refractivity contribution in [1.29, 1.82) is 0 Å². The number of thiazole rings is 1. The fraction of sp³-hybridized carbons (Fsp3) is 0.214. The van der Waals surface area contributed by atoms with E-state index in [1.807, 2.05) is 24.3 Å². The summed E-state index contributed by atoms with van der Waals surface area (Å²) in [5.74, 6) is 0.0765. The molecule has 0 spiro atoms. The van der Waals surface area contributed by atoms with Crippen molar-refractivity contribution in [3.05, 3.63) is 77.9 Å². The Bertz CT molecular complexity index is 1520. The number of fused-ring (bicyclic) bond motifs is 1. The second-order valence-corrected chi connectivity index (χ2v) is 10.9.